The fourth-order valence-corrected chi connectivity index (χ4v) is 0.270. The van der Waals surface area contributed by atoms with Crippen LogP contribution in [0.15, 0.2) is 0 Å². The predicted octanol–water partition coefficient (Wildman–Crippen LogP) is 1.48. The first-order valence-corrected chi connectivity index (χ1v) is 1.84. The van der Waals surface area contributed by atoms with Crippen LogP contribution in [0.2, 0.25) is 0 Å². The van der Waals surface area contributed by atoms with Gasteiger partial charge < -0.3 is 0 Å². The Kier molecular flexibility index (Phi) is 0.500. The van der Waals surface area contributed by atoms with Crippen molar-refractivity contribution in [2.75, 3.05) is 0 Å². The van der Waals surface area contributed by atoms with Crippen molar-refractivity contribution in [2.45, 2.75) is 12.3 Å². The van der Waals surface area contributed by atoms with E-state index in [-0.39, 0.29) is 6.42 Å². The molecule has 1 atom stereocenters. The molecule has 0 bridgehead atoms. The number of hydrogen-bond donors (Lipinski definition) is 0. The molecule has 1 saturated carbocycles. The molecule has 0 nitrogen and oxygen atoms in total. The van der Waals surface area contributed by atoms with Gasteiger partial charge in [0.2, 0.25) is 0 Å². The number of alkyl halides is 2. The van der Waals surface area contributed by atoms with Crippen LogP contribution in [0.25, 0.3) is 0 Å². The van der Waals surface area contributed by atoms with Gasteiger partial charge in [0, 0.05) is 12.3 Å². The molecule has 35 valence electrons. The second-order valence-electron chi connectivity index (χ2n) is 1.66. The first-order chi connectivity index (χ1) is 2.63. The maximum atomic E-state index is 11.5. The van der Waals surface area contributed by atoms with Gasteiger partial charge in [-0.05, 0) is 6.92 Å². The van der Waals surface area contributed by atoms with E-state index in [1.54, 1.807) is 0 Å². The van der Waals surface area contributed by atoms with Gasteiger partial charge in [0.05, 0.1) is 0 Å². The van der Waals surface area contributed by atoms with Crippen LogP contribution in [0.1, 0.15) is 6.42 Å². The van der Waals surface area contributed by atoms with Gasteiger partial charge in [-0.2, -0.15) is 0 Å². The SMILES string of the molecule is [CH2][C@@H]1CC1(F)F. The fraction of sp³-hybridized carbons (Fsp3) is 0.750. The first-order valence-electron chi connectivity index (χ1n) is 1.84. The minimum atomic E-state index is -2.40. The molecule has 1 fully saturated rings. The lowest BCUT2D eigenvalue weighted by atomic mass is 10.5. The Morgan fingerprint density at radius 3 is 1.83 bits per heavy atom. The van der Waals surface area contributed by atoms with E-state index in [1.165, 1.54) is 0 Å². The third-order valence-corrected chi connectivity index (χ3v) is 0.956. The van der Waals surface area contributed by atoms with Crippen molar-refractivity contribution in [1.82, 2.24) is 0 Å². The molecule has 0 aromatic carbocycles. The Hall–Kier alpha value is -0.140. The number of hydrogen-bond acceptors (Lipinski definition) is 0. The second-order valence-corrected chi connectivity index (χ2v) is 1.66. The van der Waals surface area contributed by atoms with E-state index in [9.17, 15) is 8.78 Å². The minimum absolute atomic E-state index is 0.00694. The summed E-state index contributed by atoms with van der Waals surface area (Å²) >= 11 is 0. The summed E-state index contributed by atoms with van der Waals surface area (Å²) < 4.78 is 22.9. The maximum absolute atomic E-state index is 11.5. The largest absolute Gasteiger partial charge is 0.251 e. The van der Waals surface area contributed by atoms with Gasteiger partial charge in [-0.15, -0.1) is 0 Å². The zero-order valence-corrected chi connectivity index (χ0v) is 3.25. The summed E-state index contributed by atoms with van der Waals surface area (Å²) in [7, 11) is 0. The summed E-state index contributed by atoms with van der Waals surface area (Å²) in [5.74, 6) is -2.99. The Bertz CT molecular complexity index is 67.9. The summed E-state index contributed by atoms with van der Waals surface area (Å²) in [4.78, 5) is 0. The molecule has 1 radical (unpaired) electrons. The second kappa shape index (κ2) is 0.745. The van der Waals surface area contributed by atoms with Crippen LogP contribution in [0.5, 0.6) is 0 Å². The molecular weight excluding hydrogens is 86.0 g/mol. The Labute approximate surface area is 35.2 Å². The zero-order chi connectivity index (χ0) is 4.78. The van der Waals surface area contributed by atoms with Gasteiger partial charge in [0.1, 0.15) is 0 Å². The van der Waals surface area contributed by atoms with Crippen molar-refractivity contribution < 1.29 is 8.78 Å². The monoisotopic (exact) mass is 91.0 g/mol. The van der Waals surface area contributed by atoms with Gasteiger partial charge >= 0.3 is 0 Å². The lowest BCUT2D eigenvalue weighted by Gasteiger charge is -1.82. The highest BCUT2D eigenvalue weighted by Crippen LogP contribution is 2.47. The zero-order valence-electron chi connectivity index (χ0n) is 3.25. The van der Waals surface area contributed by atoms with Crippen LogP contribution in [0, 0.1) is 12.8 Å². The molecule has 1 aliphatic carbocycles. The first kappa shape index (κ1) is 4.03. The summed E-state index contributed by atoms with van der Waals surface area (Å²) in [5.41, 5.74) is 0. The maximum Gasteiger partial charge on any atom is 0.251 e. The smallest absolute Gasteiger partial charge is 0.207 e. The highest BCUT2D eigenvalue weighted by molar-refractivity contribution is 4.96. The average Bonchev–Trinajstić information content (AvgIpc) is 1.73. The summed E-state index contributed by atoms with van der Waals surface area (Å²) in [6.07, 6.45) is -0.00694. The third kappa shape index (κ3) is 0.402. The summed E-state index contributed by atoms with van der Waals surface area (Å²) in [5, 5.41) is 0. The predicted molar refractivity (Wildman–Crippen MR) is 18.4 cm³/mol. The highest BCUT2D eigenvalue weighted by Gasteiger charge is 2.53. The van der Waals surface area contributed by atoms with Crippen molar-refractivity contribution in [3.05, 3.63) is 6.92 Å². The van der Waals surface area contributed by atoms with Gasteiger partial charge in [-0.25, -0.2) is 8.78 Å². The van der Waals surface area contributed by atoms with Crippen LogP contribution < -0.4 is 0 Å². The third-order valence-electron chi connectivity index (χ3n) is 0.956. The van der Waals surface area contributed by atoms with E-state index >= 15 is 0 Å². The van der Waals surface area contributed by atoms with Crippen LogP contribution in [0.4, 0.5) is 8.78 Å². The van der Waals surface area contributed by atoms with E-state index in [0.29, 0.717) is 0 Å². The molecule has 0 saturated heterocycles. The molecule has 0 N–H and O–H groups in total. The van der Waals surface area contributed by atoms with Crippen molar-refractivity contribution in [3.8, 4) is 0 Å². The standard InChI is InChI=1S/C4H5F2/c1-3-2-4(3,5)6/h3H,1-2H2/t3-/m1/s1. The van der Waals surface area contributed by atoms with Crippen LogP contribution in [-0.4, -0.2) is 5.92 Å². The molecule has 1 rings (SSSR count). The fourth-order valence-electron chi connectivity index (χ4n) is 0.270. The number of rotatable bonds is 0. The normalized spacial score (nSPS) is 39.5. The van der Waals surface area contributed by atoms with Gasteiger partial charge in [-0.3, -0.25) is 0 Å². The van der Waals surface area contributed by atoms with Crippen molar-refractivity contribution in [3.63, 3.8) is 0 Å². The van der Waals surface area contributed by atoms with Gasteiger partial charge in [0.25, 0.3) is 5.92 Å². The Balaban J connectivity index is 2.41. The topological polar surface area (TPSA) is 0 Å². The van der Waals surface area contributed by atoms with Crippen LogP contribution in [-0.2, 0) is 0 Å². The minimum Gasteiger partial charge on any atom is -0.207 e. The molecule has 0 aromatic heterocycles. The highest BCUT2D eigenvalue weighted by atomic mass is 19.3. The van der Waals surface area contributed by atoms with Crippen molar-refractivity contribution >= 4 is 0 Å². The molecular formula is C4H5F2. The lowest BCUT2D eigenvalue weighted by molar-refractivity contribution is 0.107. The molecule has 1 aliphatic rings. The lowest BCUT2D eigenvalue weighted by Crippen LogP contribution is -1.87. The van der Waals surface area contributed by atoms with Crippen molar-refractivity contribution in [1.29, 1.82) is 0 Å². The van der Waals surface area contributed by atoms with Crippen LogP contribution >= 0.6 is 0 Å². The molecule has 2 heteroatoms. The Morgan fingerprint density at radius 2 is 1.83 bits per heavy atom. The Morgan fingerprint density at radius 1 is 1.67 bits per heavy atom. The summed E-state index contributed by atoms with van der Waals surface area (Å²) in [6, 6.07) is 0. The molecule has 0 amide bonds. The van der Waals surface area contributed by atoms with E-state index in [1.807, 2.05) is 0 Å². The quantitative estimate of drug-likeness (QED) is 0.423. The molecule has 0 unspecified atom stereocenters. The van der Waals surface area contributed by atoms with E-state index in [0.717, 1.165) is 0 Å². The average molecular weight is 91.1 g/mol. The van der Waals surface area contributed by atoms with Crippen LogP contribution in [0.3, 0.4) is 0 Å². The molecule has 0 aromatic rings. The van der Waals surface area contributed by atoms with E-state index < -0.39 is 11.8 Å². The summed E-state index contributed by atoms with van der Waals surface area (Å²) in [6.45, 7) is 3.15. The molecule has 0 spiro atoms. The van der Waals surface area contributed by atoms with E-state index in [4.69, 9.17) is 0 Å². The molecule has 6 heavy (non-hydrogen) atoms. The number of halogens is 2. The van der Waals surface area contributed by atoms with Gasteiger partial charge in [0.15, 0.2) is 0 Å². The van der Waals surface area contributed by atoms with Gasteiger partial charge in [-0.1, -0.05) is 0 Å². The van der Waals surface area contributed by atoms with Crippen molar-refractivity contribution in [2.24, 2.45) is 5.92 Å². The molecule has 0 aliphatic heterocycles. The molecule has 0 heterocycles. The van der Waals surface area contributed by atoms with E-state index in [2.05, 4.69) is 6.92 Å².